The number of nitrogens with zero attached hydrogens (tertiary/aromatic N) is 2. The molecule has 152 valence electrons. The maximum absolute atomic E-state index is 13.1. The van der Waals surface area contributed by atoms with Crippen molar-refractivity contribution in [1.29, 1.82) is 0 Å². The minimum atomic E-state index is 0.168. The van der Waals surface area contributed by atoms with Crippen LogP contribution in [0.15, 0.2) is 24.3 Å². The highest BCUT2D eigenvalue weighted by atomic mass is 16.2. The average molecular weight is 374 g/mol. The van der Waals surface area contributed by atoms with Gasteiger partial charge in [-0.05, 0) is 57.2 Å². The molecule has 1 aliphatic rings. The molecule has 4 nitrogen and oxygen atoms in total. The number of likely N-dealkylation sites (tertiary alicyclic amines) is 1. The monoisotopic (exact) mass is 373 g/mol. The molecule has 1 aliphatic heterocycles. The molecule has 0 saturated carbocycles. The number of anilines is 1. The van der Waals surface area contributed by atoms with Crippen molar-refractivity contribution in [3.05, 3.63) is 29.8 Å². The Kier molecular flexibility index (Phi) is 9.12. The van der Waals surface area contributed by atoms with Crippen LogP contribution in [-0.2, 0) is 11.2 Å². The number of carbonyl (C=O) groups is 1. The summed E-state index contributed by atoms with van der Waals surface area (Å²) >= 11 is 0. The summed E-state index contributed by atoms with van der Waals surface area (Å²) in [6, 6.07) is 8.71. The van der Waals surface area contributed by atoms with Crippen molar-refractivity contribution in [2.45, 2.75) is 71.3 Å². The first kappa shape index (κ1) is 21.7. The number of rotatable bonds is 10. The number of aryl methyl sites for hydroxylation is 1. The standard InChI is InChI=1S/C23H39N3O/c1-4-6-16-26(17-7-5-2)23(27)20-13-15-21(25(3)18-20)14-12-19-10-8-9-11-22(19)24/h8-11,20-21H,4-7,12-18,24H2,1-3H3. The molecule has 0 bridgehead atoms. The molecule has 1 saturated heterocycles. The largest absolute Gasteiger partial charge is 0.399 e. The molecule has 1 aromatic carbocycles. The summed E-state index contributed by atoms with van der Waals surface area (Å²) in [5, 5.41) is 0. The molecule has 27 heavy (non-hydrogen) atoms. The van der Waals surface area contributed by atoms with Gasteiger partial charge in [-0.3, -0.25) is 4.79 Å². The molecule has 1 aromatic rings. The van der Waals surface area contributed by atoms with E-state index < -0.39 is 0 Å². The number of benzene rings is 1. The maximum atomic E-state index is 13.1. The number of para-hydroxylation sites is 1. The van der Waals surface area contributed by atoms with Gasteiger partial charge >= 0.3 is 0 Å². The van der Waals surface area contributed by atoms with Crippen LogP contribution in [-0.4, -0.2) is 48.4 Å². The predicted molar refractivity (Wildman–Crippen MR) is 115 cm³/mol. The van der Waals surface area contributed by atoms with Crippen molar-refractivity contribution < 1.29 is 4.79 Å². The highest BCUT2D eigenvalue weighted by Gasteiger charge is 2.32. The molecular weight excluding hydrogens is 334 g/mol. The van der Waals surface area contributed by atoms with Crippen LogP contribution in [0.3, 0.4) is 0 Å². The number of carbonyl (C=O) groups excluding carboxylic acids is 1. The van der Waals surface area contributed by atoms with Gasteiger partial charge in [0.2, 0.25) is 5.91 Å². The minimum Gasteiger partial charge on any atom is -0.399 e. The zero-order valence-corrected chi connectivity index (χ0v) is 17.6. The Labute approximate surface area is 166 Å². The minimum absolute atomic E-state index is 0.168. The number of nitrogens with two attached hydrogens (primary N) is 1. The van der Waals surface area contributed by atoms with Gasteiger partial charge in [-0.1, -0.05) is 44.9 Å². The first-order valence-electron chi connectivity index (χ1n) is 10.9. The van der Waals surface area contributed by atoms with E-state index in [9.17, 15) is 4.79 Å². The van der Waals surface area contributed by atoms with Gasteiger partial charge in [-0.15, -0.1) is 0 Å². The second kappa shape index (κ2) is 11.3. The van der Waals surface area contributed by atoms with Gasteiger partial charge in [0.15, 0.2) is 0 Å². The van der Waals surface area contributed by atoms with E-state index in [4.69, 9.17) is 5.73 Å². The Bertz CT molecular complexity index is 566. The number of amides is 1. The van der Waals surface area contributed by atoms with Crippen LogP contribution in [0.1, 0.15) is 64.4 Å². The smallest absolute Gasteiger partial charge is 0.226 e. The van der Waals surface area contributed by atoms with Gasteiger partial charge in [-0.2, -0.15) is 0 Å². The molecule has 2 N–H and O–H groups in total. The van der Waals surface area contributed by atoms with E-state index in [-0.39, 0.29) is 5.92 Å². The SMILES string of the molecule is CCCCN(CCCC)C(=O)C1CCC(CCc2ccccc2N)N(C)C1. The van der Waals surface area contributed by atoms with Gasteiger partial charge in [-0.25, -0.2) is 0 Å². The lowest BCUT2D eigenvalue weighted by molar-refractivity contribution is -0.138. The van der Waals surface area contributed by atoms with Crippen molar-refractivity contribution in [1.82, 2.24) is 9.80 Å². The van der Waals surface area contributed by atoms with Crippen LogP contribution in [0.25, 0.3) is 0 Å². The Morgan fingerprint density at radius 1 is 1.15 bits per heavy atom. The average Bonchev–Trinajstić information content (AvgIpc) is 2.68. The molecule has 0 radical (unpaired) electrons. The summed E-state index contributed by atoms with van der Waals surface area (Å²) in [6.45, 7) is 7.13. The van der Waals surface area contributed by atoms with Gasteiger partial charge in [0, 0.05) is 31.4 Å². The molecule has 0 aromatic heterocycles. The lowest BCUT2D eigenvalue weighted by atomic mass is 9.89. The molecule has 1 fully saturated rings. The van der Waals surface area contributed by atoms with Gasteiger partial charge < -0.3 is 15.5 Å². The summed E-state index contributed by atoms with van der Waals surface area (Å²) in [6.07, 6.45) is 8.76. The quantitative estimate of drug-likeness (QED) is 0.621. The maximum Gasteiger partial charge on any atom is 0.226 e. The van der Waals surface area contributed by atoms with Crippen molar-refractivity contribution >= 4 is 11.6 Å². The zero-order chi connectivity index (χ0) is 19.6. The zero-order valence-electron chi connectivity index (χ0n) is 17.6. The Morgan fingerprint density at radius 2 is 1.81 bits per heavy atom. The summed E-state index contributed by atoms with van der Waals surface area (Å²) in [5.41, 5.74) is 8.22. The van der Waals surface area contributed by atoms with E-state index in [0.717, 1.165) is 76.7 Å². The fraction of sp³-hybridized carbons (Fsp3) is 0.696. The van der Waals surface area contributed by atoms with Crippen LogP contribution in [0.2, 0.25) is 0 Å². The van der Waals surface area contributed by atoms with Gasteiger partial charge in [0.25, 0.3) is 0 Å². The summed E-state index contributed by atoms with van der Waals surface area (Å²) < 4.78 is 0. The topological polar surface area (TPSA) is 49.6 Å². The second-order valence-corrected chi connectivity index (χ2v) is 8.14. The highest BCUT2D eigenvalue weighted by Crippen LogP contribution is 2.26. The molecule has 4 heteroatoms. The Morgan fingerprint density at radius 3 is 2.41 bits per heavy atom. The molecule has 2 atom stereocenters. The fourth-order valence-electron chi connectivity index (χ4n) is 4.14. The lowest BCUT2D eigenvalue weighted by Crippen LogP contribution is -2.47. The van der Waals surface area contributed by atoms with Crippen molar-refractivity contribution in [3.63, 3.8) is 0 Å². The highest BCUT2D eigenvalue weighted by molar-refractivity contribution is 5.79. The van der Waals surface area contributed by atoms with E-state index in [2.05, 4.69) is 42.8 Å². The predicted octanol–water partition coefficient (Wildman–Crippen LogP) is 4.34. The van der Waals surface area contributed by atoms with Crippen LogP contribution < -0.4 is 5.73 Å². The lowest BCUT2D eigenvalue weighted by Gasteiger charge is -2.38. The van der Waals surface area contributed by atoms with Gasteiger partial charge in [0.1, 0.15) is 0 Å². The fourth-order valence-corrected chi connectivity index (χ4v) is 4.14. The third-order valence-corrected chi connectivity index (χ3v) is 6.01. The van der Waals surface area contributed by atoms with Crippen LogP contribution >= 0.6 is 0 Å². The van der Waals surface area contributed by atoms with Gasteiger partial charge in [0.05, 0.1) is 5.92 Å². The molecular formula is C23H39N3O. The van der Waals surface area contributed by atoms with Crippen molar-refractivity contribution in [2.24, 2.45) is 5.92 Å². The number of nitrogen functional groups attached to an aromatic ring is 1. The Hall–Kier alpha value is -1.55. The molecule has 0 aliphatic carbocycles. The molecule has 2 rings (SSSR count). The Balaban J connectivity index is 1.86. The second-order valence-electron chi connectivity index (χ2n) is 8.14. The molecule has 2 unspecified atom stereocenters. The summed E-state index contributed by atoms with van der Waals surface area (Å²) in [7, 11) is 2.18. The first-order chi connectivity index (χ1) is 13.1. The number of hydrogen-bond acceptors (Lipinski definition) is 3. The normalized spacial score (nSPS) is 20.6. The third-order valence-electron chi connectivity index (χ3n) is 6.01. The summed E-state index contributed by atoms with van der Waals surface area (Å²) in [4.78, 5) is 17.6. The van der Waals surface area contributed by atoms with Crippen LogP contribution in [0.5, 0.6) is 0 Å². The summed E-state index contributed by atoms with van der Waals surface area (Å²) in [5.74, 6) is 0.552. The number of hydrogen-bond donors (Lipinski definition) is 1. The van der Waals surface area contributed by atoms with Crippen LogP contribution in [0.4, 0.5) is 5.69 Å². The van der Waals surface area contributed by atoms with E-state index in [1.165, 1.54) is 5.56 Å². The molecule has 1 amide bonds. The van der Waals surface area contributed by atoms with E-state index in [0.29, 0.717) is 11.9 Å². The first-order valence-corrected chi connectivity index (χ1v) is 10.9. The van der Waals surface area contributed by atoms with Crippen molar-refractivity contribution in [2.75, 3.05) is 32.4 Å². The van der Waals surface area contributed by atoms with Crippen molar-refractivity contribution in [3.8, 4) is 0 Å². The van der Waals surface area contributed by atoms with E-state index in [1.54, 1.807) is 0 Å². The van der Waals surface area contributed by atoms with Crippen LogP contribution in [0, 0.1) is 5.92 Å². The number of piperidine rings is 1. The third kappa shape index (κ3) is 6.53. The van der Waals surface area contributed by atoms with E-state index in [1.807, 2.05) is 12.1 Å². The number of unbranched alkanes of at least 4 members (excludes halogenated alkanes) is 2. The molecule has 0 spiro atoms. The molecule has 1 heterocycles. The van der Waals surface area contributed by atoms with E-state index >= 15 is 0 Å².